The first-order valence-electron chi connectivity index (χ1n) is 5.30. The minimum atomic E-state index is -2.32. The first-order chi connectivity index (χ1) is 7.04. The summed E-state index contributed by atoms with van der Waals surface area (Å²) >= 11 is 0. The predicted octanol–water partition coefficient (Wildman–Crippen LogP) is 0.544. The number of halogens is 2. The Morgan fingerprint density at radius 1 is 1.53 bits per heavy atom. The van der Waals surface area contributed by atoms with Crippen LogP contribution in [-0.2, 0) is 0 Å². The molecule has 1 unspecified atom stereocenters. The van der Waals surface area contributed by atoms with E-state index in [1.165, 1.54) is 0 Å². The van der Waals surface area contributed by atoms with Crippen LogP contribution in [0.25, 0.3) is 0 Å². The first kappa shape index (κ1) is 12.8. The van der Waals surface area contributed by atoms with Gasteiger partial charge in [-0.3, -0.25) is 4.90 Å². The van der Waals surface area contributed by atoms with Crippen molar-refractivity contribution in [1.29, 1.82) is 0 Å². The van der Waals surface area contributed by atoms with E-state index in [0.717, 1.165) is 12.8 Å². The van der Waals surface area contributed by atoms with Gasteiger partial charge in [0.25, 0.3) is 6.43 Å². The summed E-state index contributed by atoms with van der Waals surface area (Å²) in [6, 6.07) is 0. The fraction of sp³-hybridized carbons (Fsp3) is 1.00. The van der Waals surface area contributed by atoms with E-state index >= 15 is 0 Å². The van der Waals surface area contributed by atoms with Crippen LogP contribution >= 0.6 is 0 Å². The molecule has 1 atom stereocenters. The summed E-state index contributed by atoms with van der Waals surface area (Å²) in [5.41, 5.74) is -0.399. The molecule has 1 aliphatic carbocycles. The SMILES string of the molecule is CNC(CO)(CN(C)CC(F)F)C1CC1. The zero-order chi connectivity index (χ0) is 11.5. The van der Waals surface area contributed by atoms with E-state index in [2.05, 4.69) is 5.32 Å². The number of rotatable bonds is 7. The second-order valence-electron chi connectivity index (χ2n) is 4.43. The van der Waals surface area contributed by atoms with Gasteiger partial charge in [-0.2, -0.15) is 0 Å². The quantitative estimate of drug-likeness (QED) is 0.660. The van der Waals surface area contributed by atoms with Crippen molar-refractivity contribution in [3.63, 3.8) is 0 Å². The van der Waals surface area contributed by atoms with Crippen molar-refractivity contribution in [2.75, 3.05) is 33.8 Å². The first-order valence-corrected chi connectivity index (χ1v) is 5.30. The van der Waals surface area contributed by atoms with Gasteiger partial charge in [0, 0.05) is 6.54 Å². The molecule has 0 radical (unpaired) electrons. The zero-order valence-corrected chi connectivity index (χ0v) is 9.34. The van der Waals surface area contributed by atoms with Crippen molar-refractivity contribution in [1.82, 2.24) is 10.2 Å². The van der Waals surface area contributed by atoms with Gasteiger partial charge in [-0.25, -0.2) is 8.78 Å². The molecule has 0 aliphatic heterocycles. The Balaban J connectivity index is 2.49. The molecule has 1 rings (SSSR count). The van der Waals surface area contributed by atoms with Gasteiger partial charge < -0.3 is 10.4 Å². The van der Waals surface area contributed by atoms with Gasteiger partial charge in [-0.1, -0.05) is 0 Å². The van der Waals surface area contributed by atoms with Crippen LogP contribution in [0, 0.1) is 5.92 Å². The van der Waals surface area contributed by atoms with E-state index in [9.17, 15) is 13.9 Å². The van der Waals surface area contributed by atoms with E-state index in [0.29, 0.717) is 12.5 Å². The van der Waals surface area contributed by atoms with Crippen LogP contribution in [0.15, 0.2) is 0 Å². The number of aliphatic hydroxyl groups excluding tert-OH is 1. The van der Waals surface area contributed by atoms with Crippen molar-refractivity contribution in [3.05, 3.63) is 0 Å². The summed E-state index contributed by atoms with van der Waals surface area (Å²) in [7, 11) is 3.45. The highest BCUT2D eigenvalue weighted by molar-refractivity contribution is 5.01. The Bertz CT molecular complexity index is 194. The van der Waals surface area contributed by atoms with Crippen molar-refractivity contribution in [3.8, 4) is 0 Å². The number of alkyl halides is 2. The Labute approximate surface area is 89.5 Å². The number of nitrogens with zero attached hydrogens (tertiary/aromatic N) is 1. The highest BCUT2D eigenvalue weighted by Crippen LogP contribution is 2.39. The molecule has 0 amide bonds. The zero-order valence-electron chi connectivity index (χ0n) is 9.34. The summed E-state index contributed by atoms with van der Waals surface area (Å²) in [4.78, 5) is 1.58. The van der Waals surface area contributed by atoms with Gasteiger partial charge in [0.05, 0.1) is 18.7 Å². The molecule has 2 N–H and O–H groups in total. The summed E-state index contributed by atoms with van der Waals surface area (Å²) in [5.74, 6) is 0.424. The second kappa shape index (κ2) is 5.18. The summed E-state index contributed by atoms with van der Waals surface area (Å²) in [6.07, 6.45) is -0.171. The average Bonchev–Trinajstić information content (AvgIpc) is 2.96. The fourth-order valence-electron chi connectivity index (χ4n) is 2.09. The average molecular weight is 222 g/mol. The van der Waals surface area contributed by atoms with Gasteiger partial charge in [0.15, 0.2) is 0 Å². The van der Waals surface area contributed by atoms with Gasteiger partial charge in [-0.15, -0.1) is 0 Å². The Morgan fingerprint density at radius 2 is 2.13 bits per heavy atom. The molecule has 0 bridgehead atoms. The molecule has 0 heterocycles. The van der Waals surface area contributed by atoms with E-state index < -0.39 is 12.0 Å². The molecule has 0 aromatic carbocycles. The largest absolute Gasteiger partial charge is 0.394 e. The van der Waals surface area contributed by atoms with E-state index in [1.807, 2.05) is 0 Å². The molecule has 15 heavy (non-hydrogen) atoms. The lowest BCUT2D eigenvalue weighted by Crippen LogP contribution is -2.56. The van der Waals surface area contributed by atoms with Crippen LogP contribution < -0.4 is 5.32 Å². The van der Waals surface area contributed by atoms with E-state index in [1.54, 1.807) is 19.0 Å². The summed E-state index contributed by atoms with van der Waals surface area (Å²) in [6.45, 7) is 0.229. The third kappa shape index (κ3) is 3.36. The molecule has 0 spiro atoms. The van der Waals surface area contributed by atoms with Crippen molar-refractivity contribution in [2.45, 2.75) is 24.8 Å². The summed E-state index contributed by atoms with van der Waals surface area (Å²) < 4.78 is 24.3. The molecular formula is C10H20F2N2O. The number of aliphatic hydroxyl groups is 1. The molecule has 1 fully saturated rings. The molecule has 0 aromatic rings. The smallest absolute Gasteiger partial charge is 0.251 e. The van der Waals surface area contributed by atoms with Gasteiger partial charge in [0.2, 0.25) is 0 Å². The minimum absolute atomic E-state index is 0.00173. The highest BCUT2D eigenvalue weighted by atomic mass is 19.3. The summed E-state index contributed by atoms with van der Waals surface area (Å²) in [5, 5.41) is 12.5. The van der Waals surface area contributed by atoms with E-state index in [-0.39, 0.29) is 13.2 Å². The Kier molecular flexibility index (Phi) is 4.43. The van der Waals surface area contributed by atoms with Crippen LogP contribution in [0.3, 0.4) is 0 Å². The second-order valence-corrected chi connectivity index (χ2v) is 4.43. The van der Waals surface area contributed by atoms with Crippen LogP contribution in [0.2, 0.25) is 0 Å². The molecule has 0 saturated heterocycles. The molecule has 1 saturated carbocycles. The maximum absolute atomic E-state index is 12.2. The van der Waals surface area contributed by atoms with Crippen molar-refractivity contribution < 1.29 is 13.9 Å². The normalized spacial score (nSPS) is 21.0. The van der Waals surface area contributed by atoms with Crippen molar-refractivity contribution >= 4 is 0 Å². The van der Waals surface area contributed by atoms with Gasteiger partial charge in [0.1, 0.15) is 0 Å². The Hall–Kier alpha value is -0.260. The Morgan fingerprint density at radius 3 is 2.47 bits per heavy atom. The van der Waals surface area contributed by atoms with Crippen LogP contribution in [0.1, 0.15) is 12.8 Å². The third-order valence-electron chi connectivity index (χ3n) is 3.14. The number of hydrogen-bond acceptors (Lipinski definition) is 3. The minimum Gasteiger partial charge on any atom is -0.394 e. The number of likely N-dealkylation sites (N-methyl/N-ethyl adjacent to an activating group) is 2. The predicted molar refractivity (Wildman–Crippen MR) is 55.1 cm³/mol. The topological polar surface area (TPSA) is 35.5 Å². The number of hydrogen-bond donors (Lipinski definition) is 2. The van der Waals surface area contributed by atoms with Crippen LogP contribution in [0.5, 0.6) is 0 Å². The van der Waals surface area contributed by atoms with Crippen molar-refractivity contribution in [2.24, 2.45) is 5.92 Å². The monoisotopic (exact) mass is 222 g/mol. The van der Waals surface area contributed by atoms with Gasteiger partial charge in [-0.05, 0) is 32.9 Å². The molecule has 90 valence electrons. The van der Waals surface area contributed by atoms with E-state index in [4.69, 9.17) is 0 Å². The van der Waals surface area contributed by atoms with Gasteiger partial charge >= 0.3 is 0 Å². The standard InChI is InChI=1S/C10H20F2N2O/c1-13-10(7-15,8-3-4-8)6-14(2)5-9(11)12/h8-9,13,15H,3-7H2,1-2H3. The molecule has 3 nitrogen and oxygen atoms in total. The van der Waals surface area contributed by atoms with Crippen LogP contribution in [0.4, 0.5) is 8.78 Å². The molecular weight excluding hydrogens is 202 g/mol. The lowest BCUT2D eigenvalue weighted by Gasteiger charge is -2.35. The lowest BCUT2D eigenvalue weighted by molar-refractivity contribution is 0.0615. The lowest BCUT2D eigenvalue weighted by atomic mass is 9.93. The maximum Gasteiger partial charge on any atom is 0.251 e. The highest BCUT2D eigenvalue weighted by Gasteiger charge is 2.44. The molecule has 1 aliphatic rings. The fourth-order valence-corrected chi connectivity index (χ4v) is 2.09. The van der Waals surface area contributed by atoms with Crippen LogP contribution in [-0.4, -0.2) is 55.8 Å². The number of nitrogens with one attached hydrogen (secondary N) is 1. The third-order valence-corrected chi connectivity index (χ3v) is 3.14. The molecule has 0 aromatic heterocycles. The molecule has 5 heteroatoms. The maximum atomic E-state index is 12.2.